The summed E-state index contributed by atoms with van der Waals surface area (Å²) in [5.41, 5.74) is 3.21. The van der Waals surface area contributed by atoms with Crippen molar-refractivity contribution in [1.82, 2.24) is 4.98 Å². The Balaban J connectivity index is 1.45. The van der Waals surface area contributed by atoms with Crippen molar-refractivity contribution in [2.24, 2.45) is 0 Å². The number of aromatic carboxylic acids is 1. The second-order valence-corrected chi connectivity index (χ2v) is 10.6. The third-order valence-electron chi connectivity index (χ3n) is 6.53. The number of amides is 1. The Hall–Kier alpha value is -3.77. The Morgan fingerprint density at radius 3 is 2.32 bits per heavy atom. The fourth-order valence-electron chi connectivity index (χ4n) is 4.37. The van der Waals surface area contributed by atoms with E-state index >= 15 is 0 Å². The van der Waals surface area contributed by atoms with Crippen LogP contribution in [0.25, 0.3) is 0 Å². The maximum absolute atomic E-state index is 12.2. The number of unbranched alkanes of at least 4 members (excludes halogenated alkanes) is 1. The number of benzene rings is 2. The molecule has 2 heterocycles. The molecule has 1 amide bonds. The maximum Gasteiger partial charge on any atom is 0.338 e. The molecule has 216 valence electrons. The second-order valence-electron chi connectivity index (χ2n) is 9.59. The minimum absolute atomic E-state index is 0.0397. The predicted molar refractivity (Wildman–Crippen MR) is 152 cm³/mol. The normalized spacial score (nSPS) is 18.5. The summed E-state index contributed by atoms with van der Waals surface area (Å²) >= 11 is 1.32. The summed E-state index contributed by atoms with van der Waals surface area (Å²) in [4.78, 5) is 38.7. The van der Waals surface area contributed by atoms with E-state index in [-0.39, 0.29) is 43.1 Å². The monoisotopic (exact) mass is 580 g/mol. The summed E-state index contributed by atoms with van der Waals surface area (Å²) < 4.78 is 12.6. The number of aliphatic hydroxyl groups excluding tert-OH is 1. The number of carboxylic acids is 2. The molecule has 10 nitrogen and oxygen atoms in total. The second kappa shape index (κ2) is 14.7. The summed E-state index contributed by atoms with van der Waals surface area (Å²) in [6, 6.07) is 17.8. The van der Waals surface area contributed by atoms with Gasteiger partial charge in [0, 0.05) is 42.5 Å². The lowest BCUT2D eigenvalue weighted by Gasteiger charge is -2.36. The standard InChI is InChI=1S/C30H32N2O8S/c33-17-19-7-9-20(10-8-19)25-16-23(18-41-28-24(29(37)38)4-3-15-31-28)39-30(40-25)21-11-13-22(14-12-21)32-26(34)5-1-2-6-27(35)36/h3-4,7-15,23,25,30,33H,1-2,5-6,16-18H2,(H,32,34)(H,35,36)(H,37,38)/t23-,25+,30+/m0/s1. The van der Waals surface area contributed by atoms with E-state index in [1.54, 1.807) is 24.4 Å². The molecule has 3 aromatic rings. The van der Waals surface area contributed by atoms with E-state index in [1.807, 2.05) is 36.4 Å². The molecule has 0 aliphatic carbocycles. The Morgan fingerprint density at radius 1 is 0.927 bits per heavy atom. The van der Waals surface area contributed by atoms with Crippen LogP contribution in [0.5, 0.6) is 0 Å². The molecule has 11 heteroatoms. The van der Waals surface area contributed by atoms with Crippen molar-refractivity contribution in [3.63, 3.8) is 0 Å². The Bertz CT molecular complexity index is 1330. The first-order chi connectivity index (χ1) is 19.8. The van der Waals surface area contributed by atoms with Crippen molar-refractivity contribution in [3.05, 3.63) is 89.1 Å². The van der Waals surface area contributed by atoms with Crippen LogP contribution in [-0.2, 0) is 25.7 Å². The van der Waals surface area contributed by atoms with E-state index in [2.05, 4.69) is 10.3 Å². The summed E-state index contributed by atoms with van der Waals surface area (Å²) in [5.74, 6) is -1.65. The number of nitrogens with one attached hydrogen (secondary N) is 1. The van der Waals surface area contributed by atoms with Gasteiger partial charge in [-0.25, -0.2) is 9.78 Å². The molecule has 0 radical (unpaired) electrons. The molecule has 3 atom stereocenters. The van der Waals surface area contributed by atoms with E-state index in [9.17, 15) is 24.6 Å². The Kier molecular flexibility index (Phi) is 10.9. The molecule has 1 fully saturated rings. The number of aromatic nitrogens is 1. The van der Waals surface area contributed by atoms with Crippen molar-refractivity contribution in [2.75, 3.05) is 11.1 Å². The van der Waals surface area contributed by atoms with E-state index in [0.29, 0.717) is 35.7 Å². The van der Waals surface area contributed by atoms with Gasteiger partial charge in [0.15, 0.2) is 6.29 Å². The fourth-order valence-corrected chi connectivity index (χ4v) is 5.38. The number of nitrogens with zero attached hydrogens (tertiary/aromatic N) is 1. The molecule has 1 aliphatic heterocycles. The van der Waals surface area contributed by atoms with Gasteiger partial charge in [-0.05, 0) is 48.2 Å². The van der Waals surface area contributed by atoms with Gasteiger partial charge in [-0.2, -0.15) is 0 Å². The van der Waals surface area contributed by atoms with Gasteiger partial charge >= 0.3 is 11.9 Å². The Labute approximate surface area is 241 Å². The third-order valence-corrected chi connectivity index (χ3v) is 7.67. The molecule has 2 aromatic carbocycles. The molecular formula is C30H32N2O8S. The summed E-state index contributed by atoms with van der Waals surface area (Å²) in [5, 5.41) is 30.9. The highest BCUT2D eigenvalue weighted by Crippen LogP contribution is 2.39. The van der Waals surface area contributed by atoms with Gasteiger partial charge in [0.25, 0.3) is 0 Å². The van der Waals surface area contributed by atoms with Crippen molar-refractivity contribution < 1.29 is 39.2 Å². The molecule has 0 unspecified atom stereocenters. The highest BCUT2D eigenvalue weighted by Gasteiger charge is 2.32. The van der Waals surface area contributed by atoms with Crippen LogP contribution in [0.2, 0.25) is 0 Å². The highest BCUT2D eigenvalue weighted by atomic mass is 32.2. The average molecular weight is 581 g/mol. The van der Waals surface area contributed by atoms with E-state index in [0.717, 1.165) is 16.7 Å². The maximum atomic E-state index is 12.2. The summed E-state index contributed by atoms with van der Waals surface area (Å²) in [7, 11) is 0. The molecule has 41 heavy (non-hydrogen) atoms. The molecule has 4 rings (SSSR count). The topological polar surface area (TPSA) is 155 Å². The summed E-state index contributed by atoms with van der Waals surface area (Å²) in [6.07, 6.45) is 2.01. The third kappa shape index (κ3) is 8.86. The number of anilines is 1. The first-order valence-corrected chi connectivity index (χ1v) is 14.2. The van der Waals surface area contributed by atoms with Crippen LogP contribution in [-0.4, -0.2) is 50.0 Å². The number of carboxylic acid groups (broad SMARTS) is 2. The average Bonchev–Trinajstić information content (AvgIpc) is 2.98. The molecular weight excluding hydrogens is 548 g/mol. The molecule has 1 saturated heterocycles. The zero-order valence-electron chi connectivity index (χ0n) is 22.3. The van der Waals surface area contributed by atoms with Gasteiger partial charge in [-0.15, -0.1) is 11.8 Å². The van der Waals surface area contributed by atoms with Crippen LogP contribution < -0.4 is 5.32 Å². The minimum Gasteiger partial charge on any atom is -0.481 e. The lowest BCUT2D eigenvalue weighted by molar-refractivity contribution is -0.245. The lowest BCUT2D eigenvalue weighted by Crippen LogP contribution is -2.31. The van der Waals surface area contributed by atoms with Gasteiger partial charge < -0.3 is 30.1 Å². The highest BCUT2D eigenvalue weighted by molar-refractivity contribution is 7.99. The van der Waals surface area contributed by atoms with Crippen LogP contribution in [0.15, 0.2) is 71.9 Å². The Morgan fingerprint density at radius 2 is 1.63 bits per heavy atom. The number of aliphatic hydroxyl groups is 1. The van der Waals surface area contributed by atoms with E-state index < -0.39 is 18.2 Å². The SMILES string of the molecule is O=C(O)CCCCC(=O)Nc1ccc([C@@H]2O[C@H](CSc3ncccc3C(=O)O)C[C@H](c3ccc(CO)cc3)O2)cc1. The zero-order valence-corrected chi connectivity index (χ0v) is 23.1. The van der Waals surface area contributed by atoms with Crippen LogP contribution in [0.3, 0.4) is 0 Å². The van der Waals surface area contributed by atoms with Crippen LogP contribution in [0, 0.1) is 0 Å². The number of pyridine rings is 1. The lowest BCUT2D eigenvalue weighted by atomic mass is 10.0. The number of thioether (sulfide) groups is 1. The molecule has 0 spiro atoms. The van der Waals surface area contributed by atoms with E-state index in [4.69, 9.17) is 14.6 Å². The van der Waals surface area contributed by atoms with Crippen molar-refractivity contribution in [2.45, 2.75) is 62.2 Å². The largest absolute Gasteiger partial charge is 0.481 e. The van der Waals surface area contributed by atoms with Crippen LogP contribution in [0.1, 0.15) is 71.5 Å². The predicted octanol–water partition coefficient (Wildman–Crippen LogP) is 5.19. The van der Waals surface area contributed by atoms with Crippen molar-refractivity contribution in [3.8, 4) is 0 Å². The quantitative estimate of drug-likeness (QED) is 0.157. The van der Waals surface area contributed by atoms with Crippen LogP contribution in [0.4, 0.5) is 5.69 Å². The number of carbonyl (C=O) groups excluding carboxylic acids is 1. The molecule has 1 aromatic heterocycles. The van der Waals surface area contributed by atoms with Gasteiger partial charge in [0.05, 0.1) is 24.4 Å². The smallest absolute Gasteiger partial charge is 0.338 e. The number of aliphatic carboxylic acids is 1. The zero-order chi connectivity index (χ0) is 29.2. The molecule has 0 bridgehead atoms. The molecule has 0 saturated carbocycles. The van der Waals surface area contributed by atoms with Gasteiger partial charge in [-0.1, -0.05) is 36.4 Å². The molecule has 1 aliphatic rings. The summed E-state index contributed by atoms with van der Waals surface area (Å²) in [6.45, 7) is -0.0575. The van der Waals surface area contributed by atoms with Gasteiger partial charge in [-0.3, -0.25) is 9.59 Å². The first-order valence-electron chi connectivity index (χ1n) is 13.3. The van der Waals surface area contributed by atoms with E-state index in [1.165, 1.54) is 17.8 Å². The van der Waals surface area contributed by atoms with Gasteiger partial charge in [0.1, 0.15) is 5.03 Å². The molecule has 4 N–H and O–H groups in total. The van der Waals surface area contributed by atoms with Crippen molar-refractivity contribution in [1.29, 1.82) is 0 Å². The van der Waals surface area contributed by atoms with Crippen LogP contribution >= 0.6 is 11.8 Å². The first kappa shape index (κ1) is 30.2. The fraction of sp³-hybridized carbons (Fsp3) is 0.333. The number of rotatable bonds is 13. The number of ether oxygens (including phenoxy) is 2. The van der Waals surface area contributed by atoms with Gasteiger partial charge in [0.2, 0.25) is 5.91 Å². The number of hydrogen-bond acceptors (Lipinski definition) is 8. The number of hydrogen-bond donors (Lipinski definition) is 4. The number of carbonyl (C=O) groups is 3. The minimum atomic E-state index is -1.04. The van der Waals surface area contributed by atoms with Crippen molar-refractivity contribution >= 4 is 35.3 Å².